The van der Waals surface area contributed by atoms with Gasteiger partial charge in [-0.25, -0.2) is 0 Å². The molecule has 0 heterocycles. The van der Waals surface area contributed by atoms with E-state index < -0.39 is 0 Å². The standard InChI is InChI=1S/C23H18Cl2/c24-20-10-6-16(7-11-20)19-14-22(17-4-2-1-3-5-17)23(15-19)18-8-12-21(25)13-9-18/h1-14,22-23H,15H2/t22-,23?/m0/s1. The highest BCUT2D eigenvalue weighted by Gasteiger charge is 2.30. The lowest BCUT2D eigenvalue weighted by Gasteiger charge is -2.20. The molecule has 1 aliphatic rings. The molecule has 2 heteroatoms. The summed E-state index contributed by atoms with van der Waals surface area (Å²) in [6.45, 7) is 0. The summed E-state index contributed by atoms with van der Waals surface area (Å²) in [4.78, 5) is 0. The monoisotopic (exact) mass is 364 g/mol. The van der Waals surface area contributed by atoms with Crippen molar-refractivity contribution in [2.45, 2.75) is 18.3 Å². The molecule has 0 N–H and O–H groups in total. The van der Waals surface area contributed by atoms with Gasteiger partial charge in [0.1, 0.15) is 0 Å². The zero-order valence-electron chi connectivity index (χ0n) is 13.7. The van der Waals surface area contributed by atoms with Gasteiger partial charge in [-0.3, -0.25) is 0 Å². The number of hydrogen-bond donors (Lipinski definition) is 0. The highest BCUT2D eigenvalue weighted by molar-refractivity contribution is 6.30. The molecule has 0 spiro atoms. The molecule has 0 nitrogen and oxygen atoms in total. The van der Waals surface area contributed by atoms with E-state index in [0.29, 0.717) is 11.8 Å². The first-order valence-electron chi connectivity index (χ1n) is 8.48. The fourth-order valence-corrected chi connectivity index (χ4v) is 3.93. The molecule has 0 amide bonds. The summed E-state index contributed by atoms with van der Waals surface area (Å²) >= 11 is 12.1. The first-order chi connectivity index (χ1) is 12.2. The average molecular weight is 365 g/mol. The molecule has 0 radical (unpaired) electrons. The lowest BCUT2D eigenvalue weighted by molar-refractivity contribution is 0.668. The van der Waals surface area contributed by atoms with Crippen molar-refractivity contribution in [1.29, 1.82) is 0 Å². The van der Waals surface area contributed by atoms with E-state index in [-0.39, 0.29) is 0 Å². The van der Waals surface area contributed by atoms with Gasteiger partial charge in [0.05, 0.1) is 0 Å². The zero-order valence-corrected chi connectivity index (χ0v) is 15.2. The number of rotatable bonds is 3. The number of benzene rings is 3. The van der Waals surface area contributed by atoms with E-state index in [1.54, 1.807) is 0 Å². The molecule has 0 saturated carbocycles. The summed E-state index contributed by atoms with van der Waals surface area (Å²) in [6, 6.07) is 27.2. The van der Waals surface area contributed by atoms with Crippen LogP contribution in [0.4, 0.5) is 0 Å². The van der Waals surface area contributed by atoms with Crippen LogP contribution in [0.1, 0.15) is 34.9 Å². The van der Waals surface area contributed by atoms with Crippen LogP contribution < -0.4 is 0 Å². The van der Waals surface area contributed by atoms with Crippen molar-refractivity contribution in [3.8, 4) is 0 Å². The van der Waals surface area contributed by atoms with Gasteiger partial charge in [0.2, 0.25) is 0 Å². The van der Waals surface area contributed by atoms with E-state index in [0.717, 1.165) is 16.5 Å². The van der Waals surface area contributed by atoms with Crippen molar-refractivity contribution >= 4 is 28.8 Å². The molecule has 0 aliphatic heterocycles. The topological polar surface area (TPSA) is 0 Å². The molecule has 3 aromatic rings. The summed E-state index contributed by atoms with van der Waals surface area (Å²) < 4.78 is 0. The van der Waals surface area contributed by atoms with Gasteiger partial charge in [0.25, 0.3) is 0 Å². The molecule has 0 fully saturated rings. The SMILES string of the molecule is Clc1ccc(C2=C[C@@H](c3ccccc3)C(c3ccc(Cl)cc3)C2)cc1. The highest BCUT2D eigenvalue weighted by atomic mass is 35.5. The Balaban J connectivity index is 1.73. The Labute approximate surface area is 158 Å². The Morgan fingerprint density at radius 3 is 1.88 bits per heavy atom. The number of allylic oxidation sites excluding steroid dienone is 2. The molecular formula is C23H18Cl2. The van der Waals surface area contributed by atoms with Crippen LogP contribution >= 0.6 is 23.2 Å². The predicted molar refractivity (Wildman–Crippen MR) is 107 cm³/mol. The summed E-state index contributed by atoms with van der Waals surface area (Å²) in [5, 5.41) is 1.56. The minimum Gasteiger partial charge on any atom is -0.0843 e. The van der Waals surface area contributed by atoms with Crippen molar-refractivity contribution < 1.29 is 0 Å². The summed E-state index contributed by atoms with van der Waals surface area (Å²) in [6.07, 6.45) is 3.43. The molecule has 4 rings (SSSR count). The first kappa shape index (κ1) is 16.4. The maximum Gasteiger partial charge on any atom is 0.0406 e. The Morgan fingerprint density at radius 1 is 0.640 bits per heavy atom. The number of hydrogen-bond acceptors (Lipinski definition) is 0. The van der Waals surface area contributed by atoms with E-state index in [1.165, 1.54) is 22.3 Å². The van der Waals surface area contributed by atoms with E-state index in [2.05, 4.69) is 60.7 Å². The third-order valence-corrected chi connectivity index (χ3v) is 5.46. The molecule has 124 valence electrons. The fourth-order valence-electron chi connectivity index (χ4n) is 3.68. The molecule has 1 unspecified atom stereocenters. The van der Waals surface area contributed by atoms with Crippen molar-refractivity contribution in [3.63, 3.8) is 0 Å². The van der Waals surface area contributed by atoms with Crippen LogP contribution in [-0.2, 0) is 0 Å². The van der Waals surface area contributed by atoms with E-state index in [9.17, 15) is 0 Å². The molecule has 0 saturated heterocycles. The Kier molecular flexibility index (Phi) is 4.65. The second-order valence-corrected chi connectivity index (χ2v) is 7.37. The third kappa shape index (κ3) is 3.51. The van der Waals surface area contributed by atoms with Crippen molar-refractivity contribution in [2.24, 2.45) is 0 Å². The van der Waals surface area contributed by atoms with Gasteiger partial charge >= 0.3 is 0 Å². The van der Waals surface area contributed by atoms with Crippen LogP contribution in [0.2, 0.25) is 10.0 Å². The van der Waals surface area contributed by atoms with Gasteiger partial charge in [-0.05, 0) is 58.9 Å². The smallest absolute Gasteiger partial charge is 0.0406 e. The van der Waals surface area contributed by atoms with Gasteiger partial charge in [0.15, 0.2) is 0 Å². The van der Waals surface area contributed by atoms with Gasteiger partial charge in [-0.2, -0.15) is 0 Å². The lowest BCUT2D eigenvalue weighted by atomic mass is 9.83. The molecule has 1 aliphatic carbocycles. The maximum absolute atomic E-state index is 6.09. The first-order valence-corrected chi connectivity index (χ1v) is 9.23. The molecule has 0 aromatic heterocycles. The normalized spacial score (nSPS) is 19.7. The highest BCUT2D eigenvalue weighted by Crippen LogP contribution is 2.47. The van der Waals surface area contributed by atoms with Crippen LogP contribution in [0.15, 0.2) is 84.9 Å². The molecule has 3 aromatic carbocycles. The van der Waals surface area contributed by atoms with Crippen LogP contribution in [0, 0.1) is 0 Å². The van der Waals surface area contributed by atoms with Crippen LogP contribution in [-0.4, -0.2) is 0 Å². The van der Waals surface area contributed by atoms with Gasteiger partial charge in [-0.15, -0.1) is 0 Å². The van der Waals surface area contributed by atoms with Crippen LogP contribution in [0.3, 0.4) is 0 Å². The largest absolute Gasteiger partial charge is 0.0843 e. The van der Waals surface area contributed by atoms with E-state index in [4.69, 9.17) is 23.2 Å². The Morgan fingerprint density at radius 2 is 1.24 bits per heavy atom. The summed E-state index contributed by atoms with van der Waals surface area (Å²) in [5.74, 6) is 0.790. The number of halogens is 2. The quantitative estimate of drug-likeness (QED) is 0.455. The van der Waals surface area contributed by atoms with E-state index in [1.807, 2.05) is 24.3 Å². The lowest BCUT2D eigenvalue weighted by Crippen LogP contribution is -2.05. The van der Waals surface area contributed by atoms with E-state index >= 15 is 0 Å². The molecule has 25 heavy (non-hydrogen) atoms. The second-order valence-electron chi connectivity index (χ2n) is 6.50. The second kappa shape index (κ2) is 7.07. The van der Waals surface area contributed by atoms with Gasteiger partial charge in [-0.1, -0.05) is 83.9 Å². The van der Waals surface area contributed by atoms with Gasteiger partial charge < -0.3 is 0 Å². The fraction of sp³-hybridized carbons (Fsp3) is 0.130. The maximum atomic E-state index is 6.09. The van der Waals surface area contributed by atoms with Crippen molar-refractivity contribution in [3.05, 3.63) is 112 Å². The summed E-state index contributed by atoms with van der Waals surface area (Å²) in [5.41, 5.74) is 5.32. The Hall–Kier alpha value is -2.02. The minimum absolute atomic E-state index is 0.369. The van der Waals surface area contributed by atoms with Gasteiger partial charge in [0, 0.05) is 16.0 Å². The average Bonchev–Trinajstić information content (AvgIpc) is 3.09. The zero-order chi connectivity index (χ0) is 17.2. The van der Waals surface area contributed by atoms with Crippen LogP contribution in [0.5, 0.6) is 0 Å². The molecular weight excluding hydrogens is 347 g/mol. The molecule has 2 atom stereocenters. The van der Waals surface area contributed by atoms with Crippen molar-refractivity contribution in [1.82, 2.24) is 0 Å². The third-order valence-electron chi connectivity index (χ3n) is 4.95. The Bertz CT molecular complexity index is 878. The predicted octanol–water partition coefficient (Wildman–Crippen LogP) is 7.35. The minimum atomic E-state index is 0.369. The summed E-state index contributed by atoms with van der Waals surface area (Å²) in [7, 11) is 0. The van der Waals surface area contributed by atoms with Crippen molar-refractivity contribution in [2.75, 3.05) is 0 Å². The van der Waals surface area contributed by atoms with Crippen LogP contribution in [0.25, 0.3) is 5.57 Å². The molecule has 0 bridgehead atoms.